The van der Waals surface area contributed by atoms with Crippen LogP contribution in [0, 0.1) is 0 Å². The fourth-order valence-corrected chi connectivity index (χ4v) is 8.18. The Kier molecular flexibility index (Phi) is 41.2. The van der Waals surface area contributed by atoms with Gasteiger partial charge in [-0.25, -0.2) is 4.57 Å². The maximum absolute atomic E-state index is 12.9. The van der Waals surface area contributed by atoms with E-state index in [1.54, 1.807) is 0 Å². The van der Waals surface area contributed by atoms with Crippen LogP contribution >= 0.6 is 7.82 Å². The highest BCUT2D eigenvalue weighted by Gasteiger charge is 2.28. The van der Waals surface area contributed by atoms with Crippen molar-refractivity contribution in [3.8, 4) is 0 Å². The van der Waals surface area contributed by atoms with Crippen LogP contribution in [-0.4, -0.2) is 59.0 Å². The molecule has 9 nitrogen and oxygen atoms in total. The van der Waals surface area contributed by atoms with Crippen molar-refractivity contribution >= 4 is 13.7 Å². The number of phosphoric ester groups is 1. The average molecular weight is 805 g/mol. The van der Waals surface area contributed by atoms with E-state index in [4.69, 9.17) is 14.8 Å². The normalized spacial score (nSPS) is 14.5. The molecule has 0 radical (unpaired) electrons. The summed E-state index contributed by atoms with van der Waals surface area (Å²) in [4.78, 5) is 22.8. The van der Waals surface area contributed by atoms with E-state index < -0.39 is 32.0 Å². The number of carbonyl (C=O) groups is 1. The number of hydrogen-bond acceptors (Lipinski definition) is 7. The number of aliphatic hydroxyl groups excluding tert-OH is 2. The quantitative estimate of drug-likeness (QED) is 0.0301. The third-order valence-electron chi connectivity index (χ3n) is 11.0. The van der Waals surface area contributed by atoms with Gasteiger partial charge in [0.2, 0.25) is 5.91 Å². The molecule has 0 aromatic heterocycles. The molecule has 0 aliphatic heterocycles. The van der Waals surface area contributed by atoms with E-state index in [2.05, 4.69) is 19.2 Å². The number of nitrogens with two attached hydrogens (primary N) is 1. The molecule has 0 aliphatic carbocycles. The van der Waals surface area contributed by atoms with Gasteiger partial charge >= 0.3 is 7.82 Å². The Labute approximate surface area is 340 Å². The van der Waals surface area contributed by atoms with Gasteiger partial charge in [-0.2, -0.15) is 0 Å². The largest absolute Gasteiger partial charge is 0.472 e. The van der Waals surface area contributed by atoms with Crippen LogP contribution < -0.4 is 11.1 Å². The first kappa shape index (κ1) is 54.5. The van der Waals surface area contributed by atoms with E-state index in [1.807, 2.05) is 0 Å². The molecular formula is C45H93N2O7P. The van der Waals surface area contributed by atoms with Crippen LogP contribution in [0.5, 0.6) is 0 Å². The number of aliphatic hydroxyl groups is 2. The molecule has 1 amide bonds. The summed E-state index contributed by atoms with van der Waals surface area (Å²) < 4.78 is 22.2. The number of unbranched alkanes of at least 4 members (excludes halogenated alkanes) is 31. The van der Waals surface area contributed by atoms with E-state index in [1.165, 1.54) is 173 Å². The zero-order valence-electron chi connectivity index (χ0n) is 36.3. The van der Waals surface area contributed by atoms with Gasteiger partial charge in [0.05, 0.1) is 37.9 Å². The minimum absolute atomic E-state index is 0.0628. The van der Waals surface area contributed by atoms with Crippen LogP contribution in [0.2, 0.25) is 0 Å². The monoisotopic (exact) mass is 805 g/mol. The number of nitrogens with one attached hydrogen (secondary N) is 1. The van der Waals surface area contributed by atoms with E-state index in [9.17, 15) is 24.5 Å². The van der Waals surface area contributed by atoms with Crippen LogP contribution in [0.1, 0.15) is 245 Å². The highest BCUT2D eigenvalue weighted by Crippen LogP contribution is 2.43. The molecule has 0 rings (SSSR count). The second-order valence-corrected chi connectivity index (χ2v) is 18.0. The Morgan fingerprint density at radius 1 is 0.545 bits per heavy atom. The molecule has 0 saturated heterocycles. The van der Waals surface area contributed by atoms with E-state index in [0.29, 0.717) is 12.8 Å². The number of carbonyl (C=O) groups excluding carboxylic acids is 1. The molecule has 10 heteroatoms. The van der Waals surface area contributed by atoms with E-state index >= 15 is 0 Å². The molecule has 0 aromatic rings. The first-order valence-electron chi connectivity index (χ1n) is 23.7. The van der Waals surface area contributed by atoms with Gasteiger partial charge in [-0.3, -0.25) is 13.8 Å². The van der Waals surface area contributed by atoms with Crippen LogP contribution in [-0.2, 0) is 18.4 Å². The van der Waals surface area contributed by atoms with Crippen molar-refractivity contribution < 1.29 is 33.5 Å². The third-order valence-corrected chi connectivity index (χ3v) is 12.0. The fraction of sp³-hybridized carbons (Fsp3) is 0.978. The summed E-state index contributed by atoms with van der Waals surface area (Å²) in [5, 5.41) is 24.3. The number of rotatable bonds is 45. The van der Waals surface area contributed by atoms with Crippen LogP contribution in [0.15, 0.2) is 0 Å². The first-order chi connectivity index (χ1) is 26.8. The molecule has 0 heterocycles. The van der Waals surface area contributed by atoms with Crippen molar-refractivity contribution in [2.75, 3.05) is 19.8 Å². The van der Waals surface area contributed by atoms with Crippen LogP contribution in [0.4, 0.5) is 0 Å². The molecule has 55 heavy (non-hydrogen) atoms. The lowest BCUT2D eigenvalue weighted by molar-refractivity contribution is -0.125. The topological polar surface area (TPSA) is 151 Å². The van der Waals surface area contributed by atoms with Gasteiger partial charge in [0.15, 0.2) is 0 Å². The molecule has 0 aliphatic rings. The predicted octanol–water partition coefficient (Wildman–Crippen LogP) is 12.4. The standard InChI is InChI=1S/C45H93N2O7P/c1-3-5-7-9-11-13-15-17-19-21-23-25-27-29-31-33-35-37-44(49)43(41-54-55(51,52)53-39-38-46)47-45(50)40-42(48)36-34-32-30-28-26-24-22-20-18-16-14-12-10-8-6-4-2/h42-44,48-49H,3-41,46H2,1-2H3,(H,47,50)(H,51,52). The summed E-state index contributed by atoms with van der Waals surface area (Å²) in [5.74, 6) is -0.408. The maximum atomic E-state index is 12.9. The van der Waals surface area contributed by atoms with Gasteiger partial charge in [0.25, 0.3) is 0 Å². The number of hydrogen-bond donors (Lipinski definition) is 5. The molecule has 330 valence electrons. The van der Waals surface area contributed by atoms with Gasteiger partial charge in [0.1, 0.15) is 0 Å². The molecule has 0 fully saturated rings. The van der Waals surface area contributed by atoms with Crippen molar-refractivity contribution in [2.45, 2.75) is 263 Å². The van der Waals surface area contributed by atoms with E-state index in [0.717, 1.165) is 38.5 Å². The fourth-order valence-electron chi connectivity index (χ4n) is 7.42. The minimum atomic E-state index is -4.37. The summed E-state index contributed by atoms with van der Waals surface area (Å²) in [5.41, 5.74) is 5.38. The predicted molar refractivity (Wildman–Crippen MR) is 232 cm³/mol. The lowest BCUT2D eigenvalue weighted by atomic mass is 10.0. The molecule has 0 bridgehead atoms. The zero-order valence-corrected chi connectivity index (χ0v) is 37.2. The molecule has 4 unspecified atom stereocenters. The van der Waals surface area contributed by atoms with Crippen molar-refractivity contribution in [2.24, 2.45) is 5.73 Å². The zero-order chi connectivity index (χ0) is 40.5. The van der Waals surface area contributed by atoms with Gasteiger partial charge in [-0.15, -0.1) is 0 Å². The van der Waals surface area contributed by atoms with Gasteiger partial charge in [0, 0.05) is 6.54 Å². The highest BCUT2D eigenvalue weighted by atomic mass is 31.2. The Hall–Kier alpha value is -0.540. The molecule has 0 saturated carbocycles. The smallest absolute Gasteiger partial charge is 0.393 e. The van der Waals surface area contributed by atoms with Crippen LogP contribution in [0.3, 0.4) is 0 Å². The molecule has 0 spiro atoms. The minimum Gasteiger partial charge on any atom is -0.393 e. The third kappa shape index (κ3) is 40.0. The molecular weight excluding hydrogens is 711 g/mol. The summed E-state index contributed by atoms with van der Waals surface area (Å²) in [6.45, 7) is 4.08. The summed E-state index contributed by atoms with van der Waals surface area (Å²) in [6, 6.07) is -0.891. The van der Waals surface area contributed by atoms with Crippen molar-refractivity contribution in [1.29, 1.82) is 0 Å². The number of amides is 1. The van der Waals surface area contributed by atoms with E-state index in [-0.39, 0.29) is 26.2 Å². The van der Waals surface area contributed by atoms with Gasteiger partial charge in [-0.1, -0.05) is 226 Å². The van der Waals surface area contributed by atoms with Crippen molar-refractivity contribution in [3.05, 3.63) is 0 Å². The molecule has 0 aromatic carbocycles. The average Bonchev–Trinajstić information content (AvgIpc) is 3.16. The van der Waals surface area contributed by atoms with Crippen molar-refractivity contribution in [3.63, 3.8) is 0 Å². The Morgan fingerprint density at radius 3 is 1.22 bits per heavy atom. The summed E-state index contributed by atoms with van der Waals surface area (Å²) in [7, 11) is -4.37. The second-order valence-electron chi connectivity index (χ2n) is 16.5. The summed E-state index contributed by atoms with van der Waals surface area (Å²) >= 11 is 0. The maximum Gasteiger partial charge on any atom is 0.472 e. The lowest BCUT2D eigenvalue weighted by Gasteiger charge is -2.25. The second kappa shape index (κ2) is 41.6. The Bertz CT molecular complexity index is 852. The SMILES string of the molecule is CCCCCCCCCCCCCCCCCCCC(O)C(COP(=O)(O)OCCN)NC(=O)CC(O)CCCCCCCCCCCCCCCCCC. The molecule has 4 atom stereocenters. The Balaban J connectivity index is 4.18. The number of phosphoric acid groups is 1. The highest BCUT2D eigenvalue weighted by molar-refractivity contribution is 7.47. The first-order valence-corrected chi connectivity index (χ1v) is 25.2. The van der Waals surface area contributed by atoms with Crippen molar-refractivity contribution in [1.82, 2.24) is 5.32 Å². The van der Waals surface area contributed by atoms with Gasteiger partial charge in [-0.05, 0) is 12.8 Å². The lowest BCUT2D eigenvalue weighted by Crippen LogP contribution is -2.47. The van der Waals surface area contributed by atoms with Crippen LogP contribution in [0.25, 0.3) is 0 Å². The summed E-state index contributed by atoms with van der Waals surface area (Å²) in [6.07, 6.45) is 41.4. The Morgan fingerprint density at radius 2 is 0.873 bits per heavy atom. The molecule has 6 N–H and O–H groups in total. The van der Waals surface area contributed by atoms with Gasteiger partial charge < -0.3 is 26.2 Å².